The van der Waals surface area contributed by atoms with Gasteiger partial charge in [-0.25, -0.2) is 9.59 Å². The van der Waals surface area contributed by atoms with Crippen LogP contribution in [0.5, 0.6) is 11.8 Å². The van der Waals surface area contributed by atoms with E-state index in [-0.39, 0.29) is 26.4 Å². The highest BCUT2D eigenvalue weighted by Crippen LogP contribution is 2.28. The summed E-state index contributed by atoms with van der Waals surface area (Å²) >= 11 is 0. The van der Waals surface area contributed by atoms with Crippen LogP contribution in [0.3, 0.4) is 0 Å². The number of aromatic amines is 2. The molecule has 0 atom stereocenters. The lowest BCUT2D eigenvalue weighted by atomic mass is 9.94. The van der Waals surface area contributed by atoms with E-state index in [1.165, 1.54) is 0 Å². The largest absolute Gasteiger partial charge is 0.475 e. The molecular weight excluding hydrogens is 556 g/mol. The number of rotatable bonds is 11. The molecule has 0 aliphatic rings. The van der Waals surface area contributed by atoms with Gasteiger partial charge in [0.2, 0.25) is 0 Å². The lowest BCUT2D eigenvalue weighted by Crippen LogP contribution is -2.10. The molecule has 0 aliphatic heterocycles. The summed E-state index contributed by atoms with van der Waals surface area (Å²) in [4.78, 5) is 28.3. The summed E-state index contributed by atoms with van der Waals surface area (Å²) in [5, 5.41) is 0. The second-order valence-electron chi connectivity index (χ2n) is 9.47. The van der Waals surface area contributed by atoms with Crippen molar-refractivity contribution in [2.24, 2.45) is 0 Å². The Morgan fingerprint density at radius 1 is 0.636 bits per heavy atom. The Morgan fingerprint density at radius 3 is 1.45 bits per heavy atom. The minimum atomic E-state index is -0.482. The molecule has 8 nitrogen and oxygen atoms in total. The highest BCUT2D eigenvalue weighted by molar-refractivity contribution is 5.81. The fraction of sp³-hybridized carbons (Fsp3) is 0.167. The molecule has 0 amide bonds. The number of aryl methyl sites for hydroxylation is 2. The summed E-state index contributed by atoms with van der Waals surface area (Å²) in [6, 6.07) is 19.5. The molecule has 2 aromatic carbocycles. The maximum atomic E-state index is 11.1. The zero-order chi connectivity index (χ0) is 31.3. The van der Waals surface area contributed by atoms with Crippen LogP contribution in [0, 0.1) is 37.5 Å². The van der Waals surface area contributed by atoms with Gasteiger partial charge < -0.3 is 28.9 Å². The number of benzene rings is 2. The minimum absolute atomic E-state index is 0.135. The van der Waals surface area contributed by atoms with Gasteiger partial charge in [-0.2, -0.15) is 0 Å². The van der Waals surface area contributed by atoms with Gasteiger partial charge in [0.15, 0.2) is 11.8 Å². The Hall–Kier alpha value is -5.86. The van der Waals surface area contributed by atoms with Crippen LogP contribution in [0.4, 0.5) is 0 Å². The van der Waals surface area contributed by atoms with E-state index in [1.54, 1.807) is 12.1 Å². The van der Waals surface area contributed by atoms with Crippen molar-refractivity contribution < 1.29 is 28.5 Å². The van der Waals surface area contributed by atoms with E-state index in [0.29, 0.717) is 23.1 Å². The summed E-state index contributed by atoms with van der Waals surface area (Å²) in [5.74, 6) is 12.8. The third-order valence-electron chi connectivity index (χ3n) is 6.25. The first-order valence-electron chi connectivity index (χ1n) is 13.8. The van der Waals surface area contributed by atoms with Crippen molar-refractivity contribution >= 4 is 11.9 Å². The zero-order valence-corrected chi connectivity index (χ0v) is 24.6. The fourth-order valence-electron chi connectivity index (χ4n) is 4.14. The van der Waals surface area contributed by atoms with Gasteiger partial charge in [0, 0.05) is 35.4 Å². The van der Waals surface area contributed by atoms with E-state index in [1.807, 2.05) is 24.3 Å². The molecule has 2 N–H and O–H groups in total. The number of aromatic nitrogens is 2. The molecule has 0 saturated carbocycles. The average molecular weight is 589 g/mol. The van der Waals surface area contributed by atoms with Gasteiger partial charge in [0.05, 0.1) is 11.4 Å². The molecule has 4 rings (SSSR count). The third kappa shape index (κ3) is 9.07. The molecule has 222 valence electrons. The number of esters is 2. The van der Waals surface area contributed by atoms with Crippen LogP contribution < -0.4 is 9.47 Å². The van der Waals surface area contributed by atoms with Crippen molar-refractivity contribution in [3.8, 4) is 46.6 Å². The van der Waals surface area contributed by atoms with Gasteiger partial charge in [0.25, 0.3) is 0 Å². The van der Waals surface area contributed by atoms with Crippen LogP contribution >= 0.6 is 0 Å². The number of H-pyrrole nitrogens is 2. The monoisotopic (exact) mass is 588 g/mol. The first-order valence-corrected chi connectivity index (χ1v) is 13.8. The molecule has 0 unspecified atom stereocenters. The predicted molar refractivity (Wildman–Crippen MR) is 168 cm³/mol. The molecule has 2 aromatic heterocycles. The van der Waals surface area contributed by atoms with Crippen LogP contribution in [-0.2, 0) is 19.1 Å². The normalized spacial score (nSPS) is 9.95. The molecule has 44 heavy (non-hydrogen) atoms. The Morgan fingerprint density at radius 2 is 1.07 bits per heavy atom. The SMILES string of the molecule is C=CC(=O)OCCOc1ccc(C#Cc2ccc(-c3ccc(C#Cc4ccc(OCCOC(=O)C=C)[nH]4)cc3C)c(C)c2)[nH]1. The summed E-state index contributed by atoms with van der Waals surface area (Å²) in [6.07, 6.45) is 2.22. The highest BCUT2D eigenvalue weighted by atomic mass is 16.6. The van der Waals surface area contributed by atoms with E-state index < -0.39 is 11.9 Å². The Balaban J connectivity index is 1.34. The van der Waals surface area contributed by atoms with Gasteiger partial charge in [-0.05, 0) is 84.3 Å². The molecule has 4 aromatic rings. The first-order chi connectivity index (χ1) is 21.3. The molecule has 8 heteroatoms. The van der Waals surface area contributed by atoms with E-state index in [9.17, 15) is 9.59 Å². The van der Waals surface area contributed by atoms with Gasteiger partial charge in [-0.3, -0.25) is 0 Å². The van der Waals surface area contributed by atoms with Crippen LogP contribution in [0.25, 0.3) is 11.1 Å². The van der Waals surface area contributed by atoms with Crippen molar-refractivity contribution in [3.05, 3.63) is 120 Å². The van der Waals surface area contributed by atoms with Crippen molar-refractivity contribution in [1.29, 1.82) is 0 Å². The number of hydrogen-bond acceptors (Lipinski definition) is 6. The molecule has 0 spiro atoms. The van der Waals surface area contributed by atoms with Crippen LogP contribution in [-0.4, -0.2) is 48.3 Å². The smallest absolute Gasteiger partial charge is 0.330 e. The molecule has 0 bridgehead atoms. The molecular formula is C36H32N2O6. The average Bonchev–Trinajstić information content (AvgIpc) is 3.69. The second-order valence-corrected chi connectivity index (χ2v) is 9.47. The maximum absolute atomic E-state index is 11.1. The predicted octanol–water partition coefficient (Wildman–Crippen LogP) is 5.64. The van der Waals surface area contributed by atoms with E-state index >= 15 is 0 Å². The topological polar surface area (TPSA) is 103 Å². The summed E-state index contributed by atoms with van der Waals surface area (Å²) < 4.78 is 20.9. The van der Waals surface area contributed by atoms with Crippen molar-refractivity contribution in [2.45, 2.75) is 13.8 Å². The van der Waals surface area contributed by atoms with E-state index in [4.69, 9.17) is 18.9 Å². The van der Waals surface area contributed by atoms with Crippen molar-refractivity contribution in [2.75, 3.05) is 26.4 Å². The van der Waals surface area contributed by atoms with E-state index in [2.05, 4.69) is 84.9 Å². The van der Waals surface area contributed by atoms with Crippen molar-refractivity contribution in [1.82, 2.24) is 9.97 Å². The number of carbonyl (C=O) groups excluding carboxylic acids is 2. The maximum Gasteiger partial charge on any atom is 0.330 e. The third-order valence-corrected chi connectivity index (χ3v) is 6.25. The minimum Gasteiger partial charge on any atom is -0.475 e. The zero-order valence-electron chi connectivity index (χ0n) is 24.6. The van der Waals surface area contributed by atoms with Gasteiger partial charge >= 0.3 is 11.9 Å². The Kier molecular flexibility index (Phi) is 10.9. The number of carbonyl (C=O) groups is 2. The lowest BCUT2D eigenvalue weighted by Gasteiger charge is -2.10. The number of ether oxygens (including phenoxy) is 4. The summed E-state index contributed by atoms with van der Waals surface area (Å²) in [7, 11) is 0. The quantitative estimate of drug-likeness (QED) is 0.102. The fourth-order valence-corrected chi connectivity index (χ4v) is 4.14. The number of nitrogens with one attached hydrogen (secondary N) is 2. The summed E-state index contributed by atoms with van der Waals surface area (Å²) in [5.41, 5.74) is 7.70. The van der Waals surface area contributed by atoms with Crippen LogP contribution in [0.2, 0.25) is 0 Å². The second kappa shape index (κ2) is 15.4. The molecule has 0 saturated heterocycles. The molecule has 0 radical (unpaired) electrons. The first kappa shape index (κ1) is 31.1. The lowest BCUT2D eigenvalue weighted by molar-refractivity contribution is -0.139. The number of hydrogen-bond donors (Lipinski definition) is 2. The summed E-state index contributed by atoms with van der Waals surface area (Å²) in [6.45, 7) is 11.6. The molecule has 2 heterocycles. The molecule has 0 fully saturated rings. The van der Waals surface area contributed by atoms with Gasteiger partial charge in [0.1, 0.15) is 26.4 Å². The highest BCUT2D eigenvalue weighted by Gasteiger charge is 2.07. The van der Waals surface area contributed by atoms with E-state index in [0.717, 1.165) is 45.5 Å². The van der Waals surface area contributed by atoms with Crippen LogP contribution in [0.1, 0.15) is 33.6 Å². The van der Waals surface area contributed by atoms with Crippen molar-refractivity contribution in [3.63, 3.8) is 0 Å². The van der Waals surface area contributed by atoms with Crippen LogP contribution in [0.15, 0.2) is 86.0 Å². The Bertz CT molecular complexity index is 1660. The molecule has 0 aliphatic carbocycles. The standard InChI is InChI=1S/C36H32N2O6/c1-5-35(39)43-21-19-41-33-17-13-29(37-33)11-7-27-9-15-31(25(3)23-27)32-16-10-28(24-26(32)4)8-12-30-14-18-34(38-30)42-20-22-44-36(40)6-2/h5-6,9-10,13-18,23-24,37-38H,1-2,19-22H2,3-4H3. The Labute approximate surface area is 256 Å². The van der Waals surface area contributed by atoms with Gasteiger partial charge in [-0.1, -0.05) is 37.1 Å². The van der Waals surface area contributed by atoms with Gasteiger partial charge in [-0.15, -0.1) is 0 Å².